The van der Waals surface area contributed by atoms with Gasteiger partial charge in [0.2, 0.25) is 0 Å². The highest BCUT2D eigenvalue weighted by molar-refractivity contribution is 5.52. The van der Waals surface area contributed by atoms with Crippen molar-refractivity contribution in [3.05, 3.63) is 28.1 Å². The highest BCUT2D eigenvalue weighted by Crippen LogP contribution is 2.63. The van der Waals surface area contributed by atoms with Gasteiger partial charge in [-0.15, -0.1) is 0 Å². The molecule has 0 aliphatic heterocycles. The molecule has 0 N–H and O–H groups in total. The molecule has 0 unspecified atom stereocenters. The predicted octanol–water partition coefficient (Wildman–Crippen LogP) is 9.35. The van der Waals surface area contributed by atoms with E-state index in [-0.39, 0.29) is 0 Å². The second-order valence-corrected chi connectivity index (χ2v) is 7.31. The van der Waals surface area contributed by atoms with Gasteiger partial charge in [0.05, 0.1) is 11.1 Å². The first-order chi connectivity index (χ1) is 17.3. The van der Waals surface area contributed by atoms with Crippen molar-refractivity contribution < 1.29 is 110 Å². The number of rotatable bonds is 3. The molecule has 0 aromatic carbocycles. The smallest absolute Gasteiger partial charge is 0.246 e. The van der Waals surface area contributed by atoms with Gasteiger partial charge in [0, 0.05) is 5.56 Å². The molecule has 1 rings (SSSR count). The summed E-state index contributed by atoms with van der Waals surface area (Å²) in [6.45, 7) is 0. The molecule has 0 fully saturated rings. The minimum Gasteiger partial charge on any atom is -0.246 e. The second-order valence-electron chi connectivity index (χ2n) is 7.31. The van der Waals surface area contributed by atoms with Gasteiger partial charge in [-0.2, -0.15) is 101 Å². The quantitative estimate of drug-likeness (QED) is 0.293. The van der Waals surface area contributed by atoms with Crippen LogP contribution in [-0.2, 0) is 29.6 Å². The molecule has 41 heavy (non-hydrogen) atoms. The molecular weight excluding hydrogens is 669 g/mol. The zero-order chi connectivity index (χ0) is 33.6. The Labute approximate surface area is 204 Å². The highest BCUT2D eigenvalue weighted by Gasteiger charge is 2.81. The Balaban J connectivity index is 5.24. The van der Waals surface area contributed by atoms with Crippen LogP contribution in [0.3, 0.4) is 0 Å². The van der Waals surface area contributed by atoms with Crippen molar-refractivity contribution in [3.8, 4) is 0 Å². The van der Waals surface area contributed by atoms with Crippen LogP contribution in [0.2, 0.25) is 0 Å². The molecule has 0 atom stereocenters. The minimum absolute atomic E-state index is 0.405. The Morgan fingerprint density at radius 1 is 0.293 bits per heavy atom. The molecular formula is C15F25N. The molecule has 1 aromatic heterocycles. The summed E-state index contributed by atoms with van der Waals surface area (Å²) in [5, 5.41) is 0. The number of pyridine rings is 1. The third-order valence-corrected chi connectivity index (χ3v) is 4.65. The van der Waals surface area contributed by atoms with Gasteiger partial charge in [0.25, 0.3) is 0 Å². The van der Waals surface area contributed by atoms with Gasteiger partial charge < -0.3 is 0 Å². The van der Waals surface area contributed by atoms with Crippen molar-refractivity contribution in [1.82, 2.24) is 4.98 Å². The van der Waals surface area contributed by atoms with Crippen LogP contribution in [-0.4, -0.2) is 35.9 Å². The average Bonchev–Trinajstić information content (AvgIpc) is 2.65. The summed E-state index contributed by atoms with van der Waals surface area (Å²) < 4.78 is 333. The van der Waals surface area contributed by atoms with E-state index < -0.39 is 88.6 Å². The van der Waals surface area contributed by atoms with Crippen molar-refractivity contribution >= 4 is 0 Å². The first kappa shape index (κ1) is 36.4. The van der Waals surface area contributed by atoms with Crippen molar-refractivity contribution in [2.75, 3.05) is 0 Å². The number of hydrogen-bond donors (Lipinski definition) is 0. The summed E-state index contributed by atoms with van der Waals surface area (Å²) in [5.74, 6) is -8.17. The zero-order valence-corrected chi connectivity index (χ0v) is 17.4. The van der Waals surface area contributed by atoms with E-state index in [1.54, 1.807) is 0 Å². The third kappa shape index (κ3) is 5.49. The van der Waals surface area contributed by atoms with E-state index in [9.17, 15) is 110 Å². The van der Waals surface area contributed by atoms with E-state index in [0.29, 0.717) is 4.98 Å². The van der Waals surface area contributed by atoms with E-state index in [0.717, 1.165) is 0 Å². The van der Waals surface area contributed by atoms with Crippen molar-refractivity contribution in [2.24, 2.45) is 0 Å². The summed E-state index contributed by atoms with van der Waals surface area (Å²) in [7, 11) is 0. The molecule has 0 radical (unpaired) electrons. The molecule has 0 aliphatic carbocycles. The number of aromatic nitrogens is 1. The Hall–Kier alpha value is -2.60. The summed E-state index contributed by atoms with van der Waals surface area (Å²) in [6.07, 6.45) is -57.4. The summed E-state index contributed by atoms with van der Waals surface area (Å²) in [6, 6.07) is 0. The third-order valence-electron chi connectivity index (χ3n) is 4.65. The largest absolute Gasteiger partial charge is 0.459 e. The summed E-state index contributed by atoms with van der Waals surface area (Å²) in [5.41, 5.74) is -44.2. The van der Waals surface area contributed by atoms with Gasteiger partial charge in [0.1, 0.15) is 11.4 Å². The fraction of sp³-hybridized carbons (Fsp3) is 0.667. The number of hydrogen-bond acceptors (Lipinski definition) is 1. The fourth-order valence-corrected chi connectivity index (χ4v) is 2.96. The first-order valence-corrected chi connectivity index (χ1v) is 8.67. The molecule has 0 aliphatic rings. The lowest BCUT2D eigenvalue weighted by Gasteiger charge is -2.38. The standard InChI is InChI=1S/C15F25N/c16-6(11(26,27)28,12(29,30)31)2-1(9(20,21)22)3(10(23,24)25)4(7(17,13(32,33)34)14(35,36)37)41-5(2)8(18,19)15(38,39)40. The number of nitrogens with zero attached hydrogens (tertiary/aromatic N) is 1. The molecule has 1 aromatic rings. The molecule has 0 bridgehead atoms. The monoisotopic (exact) mass is 669 g/mol. The Kier molecular flexibility index (Phi) is 8.17. The van der Waals surface area contributed by atoms with Crippen LogP contribution in [0, 0.1) is 0 Å². The molecule has 1 heterocycles. The van der Waals surface area contributed by atoms with Crippen LogP contribution in [0.4, 0.5) is 110 Å². The van der Waals surface area contributed by atoms with Crippen molar-refractivity contribution in [2.45, 2.75) is 60.5 Å². The maximum atomic E-state index is 14.6. The lowest BCUT2D eigenvalue weighted by atomic mass is 9.81. The SMILES string of the molecule is FC(F)(F)c1c(C(F)(C(F)(F)F)C(F)(F)F)nc(C(F)(F)C(F)(F)F)c(C(F)(C(F)(F)F)C(F)(F)F)c1C(F)(F)F. The van der Waals surface area contributed by atoms with Crippen LogP contribution in [0.5, 0.6) is 0 Å². The second kappa shape index (κ2) is 9.20. The average molecular weight is 669 g/mol. The van der Waals surface area contributed by atoms with Gasteiger partial charge in [-0.05, 0) is 0 Å². The fourth-order valence-electron chi connectivity index (χ4n) is 2.96. The van der Waals surface area contributed by atoms with E-state index >= 15 is 0 Å². The number of alkyl halides is 25. The molecule has 0 spiro atoms. The van der Waals surface area contributed by atoms with Gasteiger partial charge in [-0.3, -0.25) is 0 Å². The molecule has 240 valence electrons. The Bertz CT molecular complexity index is 1100. The molecule has 0 saturated carbocycles. The van der Waals surface area contributed by atoms with Crippen molar-refractivity contribution in [3.63, 3.8) is 0 Å². The van der Waals surface area contributed by atoms with Crippen LogP contribution in [0.1, 0.15) is 28.1 Å². The lowest BCUT2D eigenvalue weighted by molar-refractivity contribution is -0.355. The molecule has 0 saturated heterocycles. The van der Waals surface area contributed by atoms with Crippen molar-refractivity contribution in [1.29, 1.82) is 0 Å². The van der Waals surface area contributed by atoms with Crippen LogP contribution in [0.25, 0.3) is 0 Å². The first-order valence-electron chi connectivity index (χ1n) is 8.67. The molecule has 0 amide bonds. The summed E-state index contributed by atoms with van der Waals surface area (Å²) >= 11 is 0. The van der Waals surface area contributed by atoms with Gasteiger partial charge in [-0.25, -0.2) is 13.8 Å². The van der Waals surface area contributed by atoms with Crippen LogP contribution < -0.4 is 0 Å². The maximum Gasteiger partial charge on any atom is 0.459 e. The minimum atomic E-state index is -8.53. The molecule has 26 heteroatoms. The van der Waals surface area contributed by atoms with E-state index in [4.69, 9.17) is 0 Å². The predicted molar refractivity (Wildman–Crippen MR) is 74.0 cm³/mol. The van der Waals surface area contributed by atoms with E-state index in [1.807, 2.05) is 0 Å². The highest BCUT2D eigenvalue weighted by atomic mass is 19.5. The van der Waals surface area contributed by atoms with E-state index in [2.05, 4.69) is 0 Å². The maximum absolute atomic E-state index is 14.6. The Morgan fingerprint density at radius 3 is 0.805 bits per heavy atom. The van der Waals surface area contributed by atoms with Gasteiger partial charge in [0.15, 0.2) is 0 Å². The van der Waals surface area contributed by atoms with Gasteiger partial charge >= 0.3 is 60.5 Å². The Morgan fingerprint density at radius 2 is 0.585 bits per heavy atom. The summed E-state index contributed by atoms with van der Waals surface area (Å²) in [4.78, 5) is 0.405. The zero-order valence-electron chi connectivity index (χ0n) is 17.4. The van der Waals surface area contributed by atoms with Crippen LogP contribution >= 0.6 is 0 Å². The van der Waals surface area contributed by atoms with Gasteiger partial charge in [-0.1, -0.05) is 0 Å². The normalized spacial score (nSPS) is 15.9. The lowest BCUT2D eigenvalue weighted by Crippen LogP contribution is -2.56. The number of halogens is 25. The molecule has 1 nitrogen and oxygen atoms in total. The van der Waals surface area contributed by atoms with E-state index in [1.165, 1.54) is 0 Å². The topological polar surface area (TPSA) is 12.9 Å². The van der Waals surface area contributed by atoms with Crippen LogP contribution in [0.15, 0.2) is 0 Å².